The molecule has 28 heavy (non-hydrogen) atoms. The molecule has 0 aliphatic carbocycles. The van der Waals surface area contributed by atoms with Crippen molar-refractivity contribution in [2.45, 2.75) is 13.8 Å². The molecule has 0 N–H and O–H groups in total. The normalized spacial score (nSPS) is 11.3. The van der Waals surface area contributed by atoms with Gasteiger partial charge in [-0.25, -0.2) is 9.48 Å². The van der Waals surface area contributed by atoms with E-state index >= 15 is 0 Å². The Bertz CT molecular complexity index is 1020. The Morgan fingerprint density at radius 1 is 1.11 bits per heavy atom. The quantitative estimate of drug-likeness (QED) is 0.262. The lowest BCUT2D eigenvalue weighted by Crippen LogP contribution is -2.13. The van der Waals surface area contributed by atoms with E-state index in [1.54, 1.807) is 29.9 Å². The zero-order chi connectivity index (χ0) is 20.1. The Morgan fingerprint density at radius 3 is 2.39 bits per heavy atom. The average Bonchev–Trinajstić information content (AvgIpc) is 3.11. The van der Waals surface area contributed by atoms with Gasteiger partial charge in [0.25, 0.3) is 0 Å². The molecule has 5 nitrogen and oxygen atoms in total. The molecule has 0 unspecified atom stereocenters. The molecule has 0 radical (unpaired) electrons. The minimum atomic E-state index is -0.649. The lowest BCUT2D eigenvalue weighted by atomic mass is 10.0. The number of carbonyl (C=O) groups excluding carboxylic acids is 2. The third kappa shape index (κ3) is 4.38. The number of aromatic nitrogens is 2. The average molecular weight is 395 g/mol. The molecular weight excluding hydrogens is 376 g/mol. The molecule has 0 aliphatic rings. The number of hydrogen-bond donors (Lipinski definition) is 0. The highest BCUT2D eigenvalue weighted by Crippen LogP contribution is 2.27. The number of hydrogen-bond acceptors (Lipinski definition) is 4. The van der Waals surface area contributed by atoms with Crippen molar-refractivity contribution < 1.29 is 14.3 Å². The number of ketones is 1. The van der Waals surface area contributed by atoms with Crippen LogP contribution in [-0.4, -0.2) is 28.1 Å². The van der Waals surface area contributed by atoms with Crippen LogP contribution in [0.15, 0.2) is 66.4 Å². The van der Waals surface area contributed by atoms with Crippen molar-refractivity contribution in [1.82, 2.24) is 9.78 Å². The first-order valence-corrected chi connectivity index (χ1v) is 9.18. The topological polar surface area (TPSA) is 61.2 Å². The van der Waals surface area contributed by atoms with Gasteiger partial charge < -0.3 is 4.74 Å². The van der Waals surface area contributed by atoms with Gasteiger partial charge in [0.05, 0.1) is 18.0 Å². The van der Waals surface area contributed by atoms with Crippen LogP contribution in [0.3, 0.4) is 0 Å². The second-order valence-electron chi connectivity index (χ2n) is 6.05. The van der Waals surface area contributed by atoms with E-state index in [-0.39, 0.29) is 18.0 Å². The first-order valence-electron chi connectivity index (χ1n) is 8.80. The van der Waals surface area contributed by atoms with Crippen LogP contribution in [0.5, 0.6) is 0 Å². The van der Waals surface area contributed by atoms with E-state index in [0.717, 1.165) is 11.3 Å². The van der Waals surface area contributed by atoms with Crippen molar-refractivity contribution in [3.63, 3.8) is 0 Å². The van der Waals surface area contributed by atoms with E-state index in [2.05, 4.69) is 5.10 Å². The summed E-state index contributed by atoms with van der Waals surface area (Å²) in [5.41, 5.74) is 2.91. The Morgan fingerprint density at radius 2 is 1.79 bits per heavy atom. The van der Waals surface area contributed by atoms with E-state index < -0.39 is 5.97 Å². The highest BCUT2D eigenvalue weighted by molar-refractivity contribution is 6.30. The van der Waals surface area contributed by atoms with Gasteiger partial charge >= 0.3 is 5.97 Å². The smallest absolute Gasteiger partial charge is 0.341 e. The maximum Gasteiger partial charge on any atom is 0.341 e. The van der Waals surface area contributed by atoms with Crippen LogP contribution in [0.1, 0.15) is 19.4 Å². The second-order valence-corrected chi connectivity index (χ2v) is 6.49. The number of rotatable bonds is 6. The van der Waals surface area contributed by atoms with Crippen LogP contribution in [0.25, 0.3) is 23.0 Å². The van der Waals surface area contributed by atoms with Crippen molar-refractivity contribution in [3.8, 4) is 16.9 Å². The lowest BCUT2D eigenvalue weighted by molar-refractivity contribution is -0.139. The fraction of sp³-hybridized carbons (Fsp3) is 0.136. The van der Waals surface area contributed by atoms with Crippen LogP contribution in [0, 0.1) is 0 Å². The zero-order valence-electron chi connectivity index (χ0n) is 15.6. The van der Waals surface area contributed by atoms with Gasteiger partial charge in [-0.15, -0.1) is 0 Å². The highest BCUT2D eigenvalue weighted by Gasteiger charge is 2.19. The molecule has 6 heteroatoms. The Labute approximate surface area is 168 Å². The number of benzene rings is 2. The zero-order valence-corrected chi connectivity index (χ0v) is 16.3. The van der Waals surface area contributed by atoms with E-state index in [4.69, 9.17) is 16.3 Å². The molecule has 0 saturated carbocycles. The minimum absolute atomic E-state index is 0.0234. The summed E-state index contributed by atoms with van der Waals surface area (Å²) in [5, 5.41) is 5.27. The van der Waals surface area contributed by atoms with Crippen molar-refractivity contribution >= 4 is 29.4 Å². The summed E-state index contributed by atoms with van der Waals surface area (Å²) in [6.07, 6.45) is 3.30. The molecule has 1 aromatic heterocycles. The number of esters is 1. The SMILES string of the molecule is CCOC(=O)/C(=C/c1cn(-c2ccccc2)nc1-c1ccc(Cl)cc1)C(C)=O. The molecule has 0 amide bonds. The molecule has 2 aromatic carbocycles. The number of Topliss-reactive ketones (excluding diaryl/α,β-unsaturated/α-hetero) is 1. The van der Waals surface area contributed by atoms with Gasteiger partial charge in [-0.2, -0.15) is 5.10 Å². The molecule has 0 bridgehead atoms. The van der Waals surface area contributed by atoms with Crippen molar-refractivity contribution in [3.05, 3.63) is 77.0 Å². The number of para-hydroxylation sites is 1. The third-order valence-electron chi connectivity index (χ3n) is 4.06. The van der Waals surface area contributed by atoms with E-state index in [1.807, 2.05) is 42.5 Å². The highest BCUT2D eigenvalue weighted by atomic mass is 35.5. The molecule has 0 saturated heterocycles. The number of halogens is 1. The minimum Gasteiger partial charge on any atom is -0.462 e. The van der Waals surface area contributed by atoms with Crippen LogP contribution in [0.4, 0.5) is 0 Å². The maximum atomic E-state index is 12.2. The Kier molecular flexibility index (Phi) is 6.06. The summed E-state index contributed by atoms with van der Waals surface area (Å²) in [6.45, 7) is 3.23. The van der Waals surface area contributed by atoms with Gasteiger partial charge in [-0.05, 0) is 44.2 Å². The molecule has 0 fully saturated rings. The van der Waals surface area contributed by atoms with Gasteiger partial charge in [0.1, 0.15) is 5.57 Å². The number of ether oxygens (including phenoxy) is 1. The third-order valence-corrected chi connectivity index (χ3v) is 4.31. The van der Waals surface area contributed by atoms with Gasteiger partial charge in [0, 0.05) is 22.3 Å². The largest absolute Gasteiger partial charge is 0.462 e. The predicted molar refractivity (Wildman–Crippen MR) is 109 cm³/mol. The van der Waals surface area contributed by atoms with E-state index in [9.17, 15) is 9.59 Å². The van der Waals surface area contributed by atoms with Crippen molar-refractivity contribution in [2.75, 3.05) is 6.61 Å². The fourth-order valence-electron chi connectivity index (χ4n) is 2.71. The maximum absolute atomic E-state index is 12.2. The van der Waals surface area contributed by atoms with Crippen LogP contribution in [-0.2, 0) is 14.3 Å². The van der Waals surface area contributed by atoms with Gasteiger partial charge in [-0.3, -0.25) is 4.79 Å². The summed E-state index contributed by atoms with van der Waals surface area (Å²) in [7, 11) is 0. The summed E-state index contributed by atoms with van der Waals surface area (Å²) >= 11 is 6.00. The van der Waals surface area contributed by atoms with Crippen molar-refractivity contribution in [1.29, 1.82) is 0 Å². The van der Waals surface area contributed by atoms with Crippen LogP contribution >= 0.6 is 11.6 Å². The second kappa shape index (κ2) is 8.67. The van der Waals surface area contributed by atoms with Crippen LogP contribution in [0.2, 0.25) is 5.02 Å². The first kappa shape index (κ1) is 19.6. The molecule has 142 valence electrons. The summed E-state index contributed by atoms with van der Waals surface area (Å²) in [4.78, 5) is 24.2. The summed E-state index contributed by atoms with van der Waals surface area (Å²) in [6, 6.07) is 16.8. The number of carbonyl (C=O) groups is 2. The monoisotopic (exact) mass is 394 g/mol. The molecule has 3 aromatic rings. The van der Waals surface area contributed by atoms with Crippen LogP contribution < -0.4 is 0 Å². The molecule has 0 atom stereocenters. The van der Waals surface area contributed by atoms with Gasteiger partial charge in [-0.1, -0.05) is 41.9 Å². The predicted octanol–water partition coefficient (Wildman–Crippen LogP) is 4.73. The molecule has 1 heterocycles. The van der Waals surface area contributed by atoms with Gasteiger partial charge in [0.15, 0.2) is 5.78 Å². The Balaban J connectivity index is 2.16. The van der Waals surface area contributed by atoms with E-state index in [0.29, 0.717) is 16.3 Å². The lowest BCUT2D eigenvalue weighted by Gasteiger charge is -2.04. The molecule has 0 spiro atoms. The van der Waals surface area contributed by atoms with E-state index in [1.165, 1.54) is 13.0 Å². The summed E-state index contributed by atoms with van der Waals surface area (Å²) < 4.78 is 6.72. The summed E-state index contributed by atoms with van der Waals surface area (Å²) in [5.74, 6) is -1.02. The molecule has 3 rings (SSSR count). The molecular formula is C22H19ClN2O3. The van der Waals surface area contributed by atoms with Crippen molar-refractivity contribution in [2.24, 2.45) is 0 Å². The Hall–Kier alpha value is -3.18. The number of nitrogens with zero attached hydrogens (tertiary/aromatic N) is 2. The standard InChI is InChI=1S/C22H19ClN2O3/c1-3-28-22(27)20(15(2)26)13-17-14-25(19-7-5-4-6-8-19)24-21(17)16-9-11-18(23)12-10-16/h4-14H,3H2,1-2H3/b20-13+. The first-order chi connectivity index (χ1) is 13.5. The van der Waals surface area contributed by atoms with Gasteiger partial charge in [0.2, 0.25) is 0 Å². The fourth-order valence-corrected chi connectivity index (χ4v) is 2.83. The molecule has 0 aliphatic heterocycles.